The summed E-state index contributed by atoms with van der Waals surface area (Å²) in [4.78, 5) is 37.9. The van der Waals surface area contributed by atoms with Gasteiger partial charge in [0.2, 0.25) is 0 Å². The van der Waals surface area contributed by atoms with Gasteiger partial charge < -0.3 is 18.9 Å². The average Bonchev–Trinajstić information content (AvgIpc) is 2.82. The molecule has 1 aromatic carbocycles. The fourth-order valence-corrected chi connectivity index (χ4v) is 3.62. The van der Waals surface area contributed by atoms with E-state index in [1.165, 1.54) is 24.0 Å². The number of nitrogens with zero attached hydrogens (tertiary/aromatic N) is 5. The number of benzene rings is 1. The quantitative estimate of drug-likeness (QED) is 0.343. The van der Waals surface area contributed by atoms with Crippen LogP contribution >= 0.6 is 0 Å². The monoisotopic (exact) mass is 468 g/mol. The molecule has 1 saturated heterocycles. The maximum atomic E-state index is 12.6. The molecule has 0 bridgehead atoms. The Balaban J connectivity index is 1.72. The molecule has 1 amide bonds. The van der Waals surface area contributed by atoms with Crippen LogP contribution in [0.15, 0.2) is 34.2 Å². The highest BCUT2D eigenvalue weighted by Gasteiger charge is 2.21. The van der Waals surface area contributed by atoms with Crippen LogP contribution in [-0.4, -0.2) is 55.0 Å². The van der Waals surface area contributed by atoms with Gasteiger partial charge in [0, 0.05) is 43.1 Å². The molecular formula is C22H24N6O6. The lowest BCUT2D eigenvalue weighted by atomic mass is 10.1. The van der Waals surface area contributed by atoms with Gasteiger partial charge in [0.05, 0.1) is 31.0 Å². The summed E-state index contributed by atoms with van der Waals surface area (Å²) >= 11 is 0. The number of rotatable bonds is 8. The zero-order valence-corrected chi connectivity index (χ0v) is 18.8. The SMILES string of the molecule is COCc1cc(C)n(CC(=O)NN=Cc2ccc(N3CCOCC3)c([N+](=O)[O-])c2)c(=O)c1C#N. The first-order valence-electron chi connectivity index (χ1n) is 10.4. The van der Waals surface area contributed by atoms with E-state index in [1.807, 2.05) is 11.0 Å². The fraction of sp³-hybridized carbons (Fsp3) is 0.364. The molecule has 2 heterocycles. The molecule has 1 aliphatic heterocycles. The van der Waals surface area contributed by atoms with Gasteiger partial charge >= 0.3 is 0 Å². The van der Waals surface area contributed by atoms with Crippen molar-refractivity contribution in [2.24, 2.45) is 5.10 Å². The molecule has 0 unspecified atom stereocenters. The van der Waals surface area contributed by atoms with Crippen LogP contribution in [0.2, 0.25) is 0 Å². The van der Waals surface area contributed by atoms with E-state index in [4.69, 9.17) is 9.47 Å². The van der Waals surface area contributed by atoms with Crippen molar-refractivity contribution >= 4 is 23.5 Å². The van der Waals surface area contributed by atoms with Gasteiger partial charge in [-0.2, -0.15) is 10.4 Å². The van der Waals surface area contributed by atoms with Crippen molar-refractivity contribution in [1.29, 1.82) is 5.26 Å². The van der Waals surface area contributed by atoms with E-state index in [9.17, 15) is 25.0 Å². The number of hydrogen-bond acceptors (Lipinski definition) is 9. The Morgan fingerprint density at radius 1 is 1.38 bits per heavy atom. The third kappa shape index (κ3) is 5.64. The second kappa shape index (κ2) is 11.2. The standard InChI is InChI=1S/C22H24N6O6/c1-15-9-17(14-33-2)18(11-23)22(30)27(15)13-21(29)25-24-12-16-3-4-19(20(10-16)28(31)32)26-5-7-34-8-6-26/h3-4,9-10,12H,5-8,13-14H2,1-2H3,(H,25,29). The van der Waals surface area contributed by atoms with E-state index >= 15 is 0 Å². The van der Waals surface area contributed by atoms with Gasteiger partial charge in [-0.1, -0.05) is 6.07 Å². The molecule has 34 heavy (non-hydrogen) atoms. The van der Waals surface area contributed by atoms with E-state index in [0.29, 0.717) is 48.8 Å². The molecule has 178 valence electrons. The number of nitrogens with one attached hydrogen (secondary N) is 1. The number of methoxy groups -OCH3 is 1. The van der Waals surface area contributed by atoms with Gasteiger partial charge in [-0.05, 0) is 19.1 Å². The number of hydrazone groups is 1. The summed E-state index contributed by atoms with van der Waals surface area (Å²) in [6.45, 7) is 3.52. The predicted octanol–water partition coefficient (Wildman–Crippen LogP) is 1.07. The van der Waals surface area contributed by atoms with Crippen LogP contribution in [0.1, 0.15) is 22.4 Å². The number of carbonyl (C=O) groups is 1. The minimum Gasteiger partial charge on any atom is -0.380 e. The Morgan fingerprint density at radius 3 is 2.76 bits per heavy atom. The van der Waals surface area contributed by atoms with Gasteiger partial charge in [0.25, 0.3) is 17.2 Å². The number of nitro benzene ring substituents is 1. The van der Waals surface area contributed by atoms with Crippen LogP contribution in [-0.2, 0) is 27.4 Å². The number of morpholine rings is 1. The van der Waals surface area contributed by atoms with Crippen molar-refractivity contribution in [2.75, 3.05) is 38.3 Å². The van der Waals surface area contributed by atoms with Crippen molar-refractivity contribution in [3.05, 3.63) is 67.1 Å². The lowest BCUT2D eigenvalue weighted by Gasteiger charge is -2.28. The summed E-state index contributed by atoms with van der Waals surface area (Å²) in [5, 5.41) is 24.7. The number of pyridine rings is 1. The third-order valence-corrected chi connectivity index (χ3v) is 5.25. The number of aryl methyl sites for hydroxylation is 1. The number of carbonyl (C=O) groups excluding carboxylic acids is 1. The van der Waals surface area contributed by atoms with Crippen molar-refractivity contribution in [3.8, 4) is 6.07 Å². The molecule has 12 heteroatoms. The molecule has 0 spiro atoms. The molecular weight excluding hydrogens is 444 g/mol. The summed E-state index contributed by atoms with van der Waals surface area (Å²) in [6.07, 6.45) is 1.28. The second-order valence-corrected chi connectivity index (χ2v) is 7.52. The van der Waals surface area contributed by atoms with E-state index in [2.05, 4.69) is 10.5 Å². The van der Waals surface area contributed by atoms with Crippen LogP contribution < -0.4 is 15.9 Å². The smallest absolute Gasteiger partial charge is 0.293 e. The van der Waals surface area contributed by atoms with Gasteiger partial charge in [-0.15, -0.1) is 0 Å². The Kier molecular flexibility index (Phi) is 8.07. The normalized spacial score (nSPS) is 13.6. The molecule has 2 aromatic rings. The van der Waals surface area contributed by atoms with Crippen LogP contribution in [0.5, 0.6) is 0 Å². The van der Waals surface area contributed by atoms with Gasteiger partial charge in [0.15, 0.2) is 0 Å². The second-order valence-electron chi connectivity index (χ2n) is 7.52. The minimum absolute atomic E-state index is 0.0699. The number of anilines is 1. The number of ether oxygens (including phenoxy) is 2. The Labute approximate surface area is 195 Å². The van der Waals surface area contributed by atoms with E-state index in [-0.39, 0.29) is 24.4 Å². The molecule has 0 aliphatic carbocycles. The first-order chi connectivity index (χ1) is 16.3. The first kappa shape index (κ1) is 24.6. The van der Waals surface area contributed by atoms with Gasteiger partial charge in [0.1, 0.15) is 23.9 Å². The van der Waals surface area contributed by atoms with Crippen LogP contribution in [0.25, 0.3) is 0 Å². The average molecular weight is 468 g/mol. The topological polar surface area (TPSA) is 152 Å². The largest absolute Gasteiger partial charge is 0.380 e. The molecule has 1 aromatic heterocycles. The van der Waals surface area contributed by atoms with Gasteiger partial charge in [-0.3, -0.25) is 19.7 Å². The molecule has 1 N–H and O–H groups in total. The molecule has 3 rings (SSSR count). The lowest BCUT2D eigenvalue weighted by molar-refractivity contribution is -0.384. The Bertz CT molecular complexity index is 1210. The maximum absolute atomic E-state index is 12.6. The number of amides is 1. The van der Waals surface area contributed by atoms with Crippen molar-refractivity contribution in [3.63, 3.8) is 0 Å². The predicted molar refractivity (Wildman–Crippen MR) is 123 cm³/mol. The molecule has 1 aliphatic rings. The summed E-state index contributed by atoms with van der Waals surface area (Å²) in [5.74, 6) is -0.593. The molecule has 0 atom stereocenters. The Morgan fingerprint density at radius 2 is 2.12 bits per heavy atom. The minimum atomic E-state index is -0.594. The molecule has 0 saturated carbocycles. The number of nitro groups is 1. The van der Waals surface area contributed by atoms with Crippen molar-refractivity contribution in [2.45, 2.75) is 20.1 Å². The zero-order valence-electron chi connectivity index (χ0n) is 18.8. The highest BCUT2D eigenvalue weighted by atomic mass is 16.6. The fourth-order valence-electron chi connectivity index (χ4n) is 3.62. The summed E-state index contributed by atoms with van der Waals surface area (Å²) < 4.78 is 11.5. The van der Waals surface area contributed by atoms with Crippen molar-refractivity contribution in [1.82, 2.24) is 9.99 Å². The first-order valence-corrected chi connectivity index (χ1v) is 10.4. The highest BCUT2D eigenvalue weighted by molar-refractivity contribution is 5.85. The van der Waals surface area contributed by atoms with E-state index < -0.39 is 16.4 Å². The maximum Gasteiger partial charge on any atom is 0.293 e. The van der Waals surface area contributed by atoms with Crippen LogP contribution in [0.3, 0.4) is 0 Å². The Hall–Kier alpha value is -4.08. The summed E-state index contributed by atoms with van der Waals surface area (Å²) in [5.41, 5.74) is 3.41. The van der Waals surface area contributed by atoms with Crippen molar-refractivity contribution < 1.29 is 19.2 Å². The summed E-state index contributed by atoms with van der Waals surface area (Å²) in [6, 6.07) is 8.16. The van der Waals surface area contributed by atoms with E-state index in [0.717, 1.165) is 0 Å². The zero-order chi connectivity index (χ0) is 24.7. The molecule has 1 fully saturated rings. The van der Waals surface area contributed by atoms with E-state index in [1.54, 1.807) is 25.1 Å². The van der Waals surface area contributed by atoms with Gasteiger partial charge in [-0.25, -0.2) is 5.43 Å². The van der Waals surface area contributed by atoms with Crippen LogP contribution in [0.4, 0.5) is 11.4 Å². The van der Waals surface area contributed by atoms with Crippen LogP contribution in [0, 0.1) is 28.4 Å². The third-order valence-electron chi connectivity index (χ3n) is 5.25. The number of aromatic nitrogens is 1. The number of nitriles is 1. The molecule has 0 radical (unpaired) electrons. The number of hydrogen-bond donors (Lipinski definition) is 1. The highest BCUT2D eigenvalue weighted by Crippen LogP contribution is 2.29. The summed E-state index contributed by atoms with van der Waals surface area (Å²) in [7, 11) is 1.46. The lowest BCUT2D eigenvalue weighted by Crippen LogP contribution is -2.36. The molecule has 12 nitrogen and oxygen atoms in total.